The van der Waals surface area contributed by atoms with Crippen molar-refractivity contribution in [1.82, 2.24) is 5.32 Å². The third-order valence-corrected chi connectivity index (χ3v) is 5.75. The van der Waals surface area contributed by atoms with Crippen LogP contribution in [0.4, 0.5) is 0 Å². The van der Waals surface area contributed by atoms with Crippen LogP contribution in [0.3, 0.4) is 0 Å². The Morgan fingerprint density at radius 2 is 2.27 bits per heavy atom. The summed E-state index contributed by atoms with van der Waals surface area (Å²) in [5.74, 6) is 3.20. The average Bonchev–Trinajstić information content (AvgIpc) is 2.85. The summed E-state index contributed by atoms with van der Waals surface area (Å²) in [4.78, 5) is 9.43. The number of fused-ring (bicyclic) bond motifs is 1. The second kappa shape index (κ2) is 13.7. The number of hydrogen-bond acceptors (Lipinski definition) is 5. The van der Waals surface area contributed by atoms with E-state index in [1.807, 2.05) is 25.4 Å². The fourth-order valence-electron chi connectivity index (χ4n) is 4.17. The molecule has 1 aliphatic carbocycles. The smallest absolute Gasteiger partial charge is 0.0932 e. The zero-order valence-corrected chi connectivity index (χ0v) is 19.7. The van der Waals surface area contributed by atoms with Gasteiger partial charge in [0, 0.05) is 50.1 Å². The van der Waals surface area contributed by atoms with Crippen molar-refractivity contribution in [2.45, 2.75) is 31.9 Å². The van der Waals surface area contributed by atoms with Crippen molar-refractivity contribution < 1.29 is 9.47 Å². The Hall–Kier alpha value is -2.78. The zero-order valence-electron chi connectivity index (χ0n) is 19.7. The van der Waals surface area contributed by atoms with E-state index in [1.165, 1.54) is 5.57 Å². The zero-order chi connectivity index (χ0) is 23.3. The highest BCUT2D eigenvalue weighted by atomic mass is 16.5. The first kappa shape index (κ1) is 24.9. The Labute approximate surface area is 198 Å². The largest absolute Gasteiger partial charge is 0.382 e. The summed E-state index contributed by atoms with van der Waals surface area (Å²) in [5.41, 5.74) is 3.19. The van der Waals surface area contributed by atoms with Crippen molar-refractivity contribution in [2.24, 2.45) is 21.8 Å². The highest BCUT2D eigenvalue weighted by Crippen LogP contribution is 2.32. The van der Waals surface area contributed by atoms with Gasteiger partial charge in [0.15, 0.2) is 0 Å². The van der Waals surface area contributed by atoms with Crippen LogP contribution < -0.4 is 5.32 Å². The van der Waals surface area contributed by atoms with Crippen LogP contribution in [-0.4, -0.2) is 57.5 Å². The Morgan fingerprint density at radius 3 is 3.03 bits per heavy atom. The SMILES string of the molecule is C#C/C=C(\C=C/CCNCC(COC)OCC)C1=NC2C=CN=CC2C=C1C1C=CC=CC1. The summed E-state index contributed by atoms with van der Waals surface area (Å²) in [6.45, 7) is 4.89. The average molecular weight is 446 g/mol. The monoisotopic (exact) mass is 445 g/mol. The fourth-order valence-corrected chi connectivity index (χ4v) is 4.17. The molecule has 2 aliphatic heterocycles. The lowest BCUT2D eigenvalue weighted by Gasteiger charge is -2.29. The van der Waals surface area contributed by atoms with E-state index >= 15 is 0 Å². The quantitative estimate of drug-likeness (QED) is 0.278. The first-order valence-electron chi connectivity index (χ1n) is 11.7. The first-order chi connectivity index (χ1) is 16.3. The molecule has 0 fully saturated rings. The molecule has 4 atom stereocenters. The van der Waals surface area contributed by atoms with E-state index in [0.717, 1.165) is 37.2 Å². The van der Waals surface area contributed by atoms with Crippen LogP contribution in [0.1, 0.15) is 19.8 Å². The molecular weight excluding hydrogens is 410 g/mol. The molecule has 2 heterocycles. The lowest BCUT2D eigenvalue weighted by Crippen LogP contribution is -2.33. The Bertz CT molecular complexity index is 921. The van der Waals surface area contributed by atoms with Gasteiger partial charge in [0.25, 0.3) is 0 Å². The number of dihydropyridines is 1. The van der Waals surface area contributed by atoms with Gasteiger partial charge in [0.2, 0.25) is 0 Å². The van der Waals surface area contributed by atoms with Crippen molar-refractivity contribution >= 4 is 11.9 Å². The summed E-state index contributed by atoms with van der Waals surface area (Å²) in [6, 6.07) is 0.0666. The lowest BCUT2D eigenvalue weighted by molar-refractivity contribution is 0.00521. The normalized spacial score (nSPS) is 25.0. The van der Waals surface area contributed by atoms with E-state index in [2.05, 4.69) is 64.8 Å². The molecule has 3 aliphatic rings. The number of aliphatic imine (C=N–C) groups is 2. The van der Waals surface area contributed by atoms with E-state index in [0.29, 0.717) is 19.1 Å². The van der Waals surface area contributed by atoms with Gasteiger partial charge in [0.1, 0.15) is 0 Å². The van der Waals surface area contributed by atoms with Gasteiger partial charge in [-0.2, -0.15) is 0 Å². The van der Waals surface area contributed by atoms with Crippen LogP contribution in [0.25, 0.3) is 0 Å². The summed E-state index contributed by atoms with van der Waals surface area (Å²) in [6.07, 6.45) is 30.5. The molecule has 4 unspecified atom stereocenters. The highest BCUT2D eigenvalue weighted by molar-refractivity contribution is 6.16. The minimum Gasteiger partial charge on any atom is -0.382 e. The number of ether oxygens (including phenoxy) is 2. The van der Waals surface area contributed by atoms with E-state index in [-0.39, 0.29) is 18.1 Å². The van der Waals surface area contributed by atoms with E-state index in [9.17, 15) is 0 Å². The molecule has 1 N–H and O–H groups in total. The molecule has 0 aromatic heterocycles. The summed E-state index contributed by atoms with van der Waals surface area (Å²) in [7, 11) is 1.70. The van der Waals surface area contributed by atoms with Gasteiger partial charge < -0.3 is 14.8 Å². The predicted molar refractivity (Wildman–Crippen MR) is 138 cm³/mol. The van der Waals surface area contributed by atoms with Crippen molar-refractivity contribution in [1.29, 1.82) is 0 Å². The number of nitrogens with zero attached hydrogens (tertiary/aromatic N) is 2. The van der Waals surface area contributed by atoms with E-state index in [4.69, 9.17) is 20.9 Å². The van der Waals surface area contributed by atoms with Crippen LogP contribution >= 0.6 is 0 Å². The summed E-state index contributed by atoms with van der Waals surface area (Å²) < 4.78 is 10.9. The standard InChI is InChI=1S/C28H35N3O2/c1-4-11-23(14-9-10-16-29-20-25(21-32-3)33-5-2)28-26(22-12-7-6-8-13-22)18-24-19-30-17-15-27(24)31-28/h1,6-9,11-12,14-15,17-19,22,24-25,27,29H,5,10,13,16,20-21H2,2-3H3/b14-9-,23-11+. The molecule has 0 bridgehead atoms. The van der Waals surface area contributed by atoms with Crippen molar-refractivity contribution in [2.75, 3.05) is 33.4 Å². The minimum atomic E-state index is 0.0666. The molecule has 174 valence electrons. The number of hydrogen-bond donors (Lipinski definition) is 1. The van der Waals surface area contributed by atoms with Gasteiger partial charge in [-0.1, -0.05) is 48.5 Å². The first-order valence-corrected chi connectivity index (χ1v) is 11.7. The Balaban J connectivity index is 1.67. The Morgan fingerprint density at radius 1 is 1.36 bits per heavy atom. The van der Waals surface area contributed by atoms with Crippen LogP contribution in [0.15, 0.2) is 82.0 Å². The van der Waals surface area contributed by atoms with Gasteiger partial charge >= 0.3 is 0 Å². The molecule has 0 aromatic carbocycles. The number of rotatable bonds is 12. The second-order valence-corrected chi connectivity index (χ2v) is 8.16. The van der Waals surface area contributed by atoms with Crippen molar-refractivity contribution in [3.05, 3.63) is 72.0 Å². The van der Waals surface area contributed by atoms with Gasteiger partial charge in [0.05, 0.1) is 24.5 Å². The van der Waals surface area contributed by atoms with Crippen LogP contribution in [0, 0.1) is 24.2 Å². The fraction of sp³-hybridized carbons (Fsp3) is 0.429. The molecular formula is C28H35N3O2. The van der Waals surface area contributed by atoms with Gasteiger partial charge in [-0.25, -0.2) is 0 Å². The summed E-state index contributed by atoms with van der Waals surface area (Å²) in [5, 5.41) is 3.44. The Kier molecular flexibility index (Phi) is 10.3. The van der Waals surface area contributed by atoms with Crippen LogP contribution in [0.2, 0.25) is 0 Å². The van der Waals surface area contributed by atoms with E-state index in [1.54, 1.807) is 7.11 Å². The summed E-state index contributed by atoms with van der Waals surface area (Å²) >= 11 is 0. The van der Waals surface area contributed by atoms with Crippen molar-refractivity contribution in [3.63, 3.8) is 0 Å². The maximum atomic E-state index is 5.70. The van der Waals surface area contributed by atoms with Gasteiger partial charge in [-0.15, -0.1) is 6.42 Å². The third kappa shape index (κ3) is 7.36. The third-order valence-electron chi connectivity index (χ3n) is 5.75. The molecule has 0 aromatic rings. The number of nitrogens with one attached hydrogen (secondary N) is 1. The van der Waals surface area contributed by atoms with Gasteiger partial charge in [-0.3, -0.25) is 9.98 Å². The molecule has 0 radical (unpaired) electrons. The topological polar surface area (TPSA) is 55.2 Å². The van der Waals surface area contributed by atoms with Crippen LogP contribution in [-0.2, 0) is 9.47 Å². The molecule has 0 saturated carbocycles. The highest BCUT2D eigenvalue weighted by Gasteiger charge is 2.29. The lowest BCUT2D eigenvalue weighted by atomic mass is 9.80. The number of methoxy groups -OCH3 is 1. The number of allylic oxidation sites excluding steroid dienone is 8. The van der Waals surface area contributed by atoms with Gasteiger partial charge in [-0.05, 0) is 44.0 Å². The molecule has 5 nitrogen and oxygen atoms in total. The van der Waals surface area contributed by atoms with E-state index < -0.39 is 0 Å². The molecule has 0 spiro atoms. The van der Waals surface area contributed by atoms with Crippen LogP contribution in [0.5, 0.6) is 0 Å². The molecule has 3 rings (SSSR count). The van der Waals surface area contributed by atoms with Crippen molar-refractivity contribution in [3.8, 4) is 12.3 Å². The molecule has 0 amide bonds. The molecule has 5 heteroatoms. The molecule has 33 heavy (non-hydrogen) atoms. The minimum absolute atomic E-state index is 0.0666. The molecule has 0 saturated heterocycles. The number of terminal acetylenes is 1. The second-order valence-electron chi connectivity index (χ2n) is 8.16. The maximum absolute atomic E-state index is 5.70. The predicted octanol–water partition coefficient (Wildman–Crippen LogP) is 4.23. The maximum Gasteiger partial charge on any atom is 0.0932 e.